The molecular weight excluding hydrogens is 292 g/mol. The van der Waals surface area contributed by atoms with Crippen LogP contribution >= 0.6 is 15.9 Å². The number of hydrogen-bond donors (Lipinski definition) is 2. The number of nitrogens with one attached hydrogen (secondary N) is 1. The monoisotopic (exact) mass is 310 g/mol. The minimum Gasteiger partial charge on any atom is -0.323 e. The summed E-state index contributed by atoms with van der Waals surface area (Å²) in [6.45, 7) is 4.02. The highest BCUT2D eigenvalue weighted by molar-refractivity contribution is 9.10. The van der Waals surface area contributed by atoms with Crippen LogP contribution in [-0.2, 0) is 4.79 Å². The van der Waals surface area contributed by atoms with Crippen molar-refractivity contribution in [3.63, 3.8) is 0 Å². The predicted molar refractivity (Wildman–Crippen MR) is 77.6 cm³/mol. The number of halogens is 1. The molecule has 4 heteroatoms. The van der Waals surface area contributed by atoms with Gasteiger partial charge < -0.3 is 11.1 Å². The van der Waals surface area contributed by atoms with Crippen LogP contribution in [0, 0.1) is 13.8 Å². The summed E-state index contributed by atoms with van der Waals surface area (Å²) in [6, 6.07) is 4.05. The zero-order valence-corrected chi connectivity index (χ0v) is 12.4. The smallest absolute Gasteiger partial charge is 0.244 e. The Bertz CT molecular complexity index is 456. The summed E-state index contributed by atoms with van der Waals surface area (Å²) in [5.41, 5.74) is 8.52. The molecule has 0 saturated heterocycles. The fourth-order valence-corrected chi connectivity index (χ4v) is 3.32. The largest absolute Gasteiger partial charge is 0.323 e. The first kappa shape index (κ1) is 13.6. The lowest BCUT2D eigenvalue weighted by atomic mass is 9.97. The average Bonchev–Trinajstić information content (AvgIpc) is 2.71. The van der Waals surface area contributed by atoms with Crippen molar-refractivity contribution in [2.75, 3.05) is 5.32 Å². The predicted octanol–water partition coefficient (Wildman–Crippen LogP) is 3.28. The molecule has 3 N–H and O–H groups in total. The number of benzene rings is 1. The van der Waals surface area contributed by atoms with E-state index in [0.29, 0.717) is 0 Å². The molecule has 18 heavy (non-hydrogen) atoms. The molecule has 0 radical (unpaired) electrons. The van der Waals surface area contributed by atoms with Crippen molar-refractivity contribution in [3.8, 4) is 0 Å². The van der Waals surface area contributed by atoms with Crippen molar-refractivity contribution in [1.82, 2.24) is 0 Å². The second-order valence-electron chi connectivity index (χ2n) is 5.26. The molecule has 3 nitrogen and oxygen atoms in total. The Hall–Kier alpha value is -0.870. The van der Waals surface area contributed by atoms with Crippen LogP contribution in [0.25, 0.3) is 0 Å². The Kier molecular flexibility index (Phi) is 3.78. The zero-order chi connectivity index (χ0) is 13.3. The summed E-state index contributed by atoms with van der Waals surface area (Å²) in [4.78, 5) is 12.3. The van der Waals surface area contributed by atoms with E-state index in [1.165, 1.54) is 5.56 Å². The molecule has 1 aliphatic carbocycles. The lowest BCUT2D eigenvalue weighted by Gasteiger charge is -2.23. The van der Waals surface area contributed by atoms with Crippen LogP contribution in [0.3, 0.4) is 0 Å². The van der Waals surface area contributed by atoms with E-state index in [9.17, 15) is 4.79 Å². The van der Waals surface area contributed by atoms with E-state index in [-0.39, 0.29) is 5.91 Å². The molecule has 0 atom stereocenters. The molecule has 0 spiro atoms. The standard InChI is InChI=1S/C14H19BrN2O/c1-9-7-10(2)12(11(15)8-9)17-13(18)14(16)5-3-4-6-14/h7-8H,3-6,16H2,1-2H3,(H,17,18). The summed E-state index contributed by atoms with van der Waals surface area (Å²) in [5, 5.41) is 2.98. The van der Waals surface area contributed by atoms with Gasteiger partial charge in [-0.1, -0.05) is 18.9 Å². The minimum absolute atomic E-state index is 0.0624. The second kappa shape index (κ2) is 5.02. The van der Waals surface area contributed by atoms with E-state index >= 15 is 0 Å². The fraction of sp³-hybridized carbons (Fsp3) is 0.500. The minimum atomic E-state index is -0.684. The molecule has 1 aromatic carbocycles. The Labute approximate surface area is 116 Å². The van der Waals surface area contributed by atoms with E-state index in [2.05, 4.69) is 27.3 Å². The number of anilines is 1. The maximum Gasteiger partial charge on any atom is 0.244 e. The van der Waals surface area contributed by atoms with Gasteiger partial charge in [-0.15, -0.1) is 0 Å². The van der Waals surface area contributed by atoms with Crippen LogP contribution in [0.15, 0.2) is 16.6 Å². The lowest BCUT2D eigenvalue weighted by Crippen LogP contribution is -2.48. The third-order valence-electron chi connectivity index (χ3n) is 3.62. The first-order valence-electron chi connectivity index (χ1n) is 6.29. The number of amides is 1. The van der Waals surface area contributed by atoms with E-state index in [1.54, 1.807) is 0 Å². The van der Waals surface area contributed by atoms with E-state index in [1.807, 2.05) is 19.9 Å². The molecular formula is C14H19BrN2O. The van der Waals surface area contributed by atoms with Crippen molar-refractivity contribution < 1.29 is 4.79 Å². The Balaban J connectivity index is 2.22. The maximum atomic E-state index is 12.3. The molecule has 0 heterocycles. The van der Waals surface area contributed by atoms with Crippen LogP contribution in [0.4, 0.5) is 5.69 Å². The highest BCUT2D eigenvalue weighted by atomic mass is 79.9. The van der Waals surface area contributed by atoms with E-state index < -0.39 is 5.54 Å². The summed E-state index contributed by atoms with van der Waals surface area (Å²) >= 11 is 3.50. The van der Waals surface area contributed by atoms with Crippen molar-refractivity contribution in [2.45, 2.75) is 45.1 Å². The van der Waals surface area contributed by atoms with Crippen LogP contribution in [0.1, 0.15) is 36.8 Å². The molecule has 1 saturated carbocycles. The summed E-state index contributed by atoms with van der Waals surface area (Å²) in [5.74, 6) is -0.0624. The van der Waals surface area contributed by atoms with Crippen LogP contribution in [0.5, 0.6) is 0 Å². The van der Waals surface area contributed by atoms with Crippen molar-refractivity contribution in [1.29, 1.82) is 0 Å². The Morgan fingerprint density at radius 1 is 1.33 bits per heavy atom. The van der Waals surface area contributed by atoms with E-state index in [0.717, 1.165) is 41.4 Å². The number of hydrogen-bond acceptors (Lipinski definition) is 2. The van der Waals surface area contributed by atoms with Gasteiger partial charge in [0, 0.05) is 4.47 Å². The molecule has 1 fully saturated rings. The van der Waals surface area contributed by atoms with Gasteiger partial charge in [0.2, 0.25) is 5.91 Å². The van der Waals surface area contributed by atoms with E-state index in [4.69, 9.17) is 5.73 Å². The van der Waals surface area contributed by atoms with Gasteiger partial charge in [-0.05, 0) is 59.8 Å². The molecule has 1 aliphatic rings. The number of nitrogens with two attached hydrogens (primary N) is 1. The first-order valence-corrected chi connectivity index (χ1v) is 7.09. The van der Waals surface area contributed by atoms with Gasteiger partial charge >= 0.3 is 0 Å². The third-order valence-corrected chi connectivity index (χ3v) is 4.24. The van der Waals surface area contributed by atoms with Gasteiger partial charge in [0.05, 0.1) is 11.2 Å². The van der Waals surface area contributed by atoms with Crippen LogP contribution in [-0.4, -0.2) is 11.4 Å². The van der Waals surface area contributed by atoms with Crippen LogP contribution in [0.2, 0.25) is 0 Å². The SMILES string of the molecule is Cc1cc(C)c(NC(=O)C2(N)CCCC2)c(Br)c1. The molecule has 0 aromatic heterocycles. The van der Waals surface area contributed by atoms with Crippen molar-refractivity contribution >= 4 is 27.5 Å². The molecule has 1 aromatic rings. The Morgan fingerprint density at radius 3 is 2.50 bits per heavy atom. The maximum absolute atomic E-state index is 12.3. The van der Waals surface area contributed by atoms with Gasteiger partial charge in [-0.3, -0.25) is 4.79 Å². The number of aryl methyl sites for hydroxylation is 2. The van der Waals surface area contributed by atoms with Crippen molar-refractivity contribution in [2.24, 2.45) is 5.73 Å². The van der Waals surface area contributed by atoms with Gasteiger partial charge in [-0.2, -0.15) is 0 Å². The summed E-state index contributed by atoms with van der Waals surface area (Å²) < 4.78 is 0.912. The third kappa shape index (κ3) is 2.59. The summed E-state index contributed by atoms with van der Waals surface area (Å²) in [7, 11) is 0. The zero-order valence-electron chi connectivity index (χ0n) is 10.8. The number of carbonyl (C=O) groups is 1. The lowest BCUT2D eigenvalue weighted by molar-refractivity contribution is -0.121. The van der Waals surface area contributed by atoms with Crippen LogP contribution < -0.4 is 11.1 Å². The molecule has 1 amide bonds. The highest BCUT2D eigenvalue weighted by Crippen LogP contribution is 2.32. The Morgan fingerprint density at radius 2 is 1.94 bits per heavy atom. The molecule has 2 rings (SSSR count). The summed E-state index contributed by atoms with van der Waals surface area (Å²) in [6.07, 6.45) is 3.64. The van der Waals surface area contributed by atoms with Crippen molar-refractivity contribution in [3.05, 3.63) is 27.7 Å². The first-order chi connectivity index (χ1) is 8.42. The second-order valence-corrected chi connectivity index (χ2v) is 6.11. The molecule has 0 aliphatic heterocycles. The van der Waals surface area contributed by atoms with Gasteiger partial charge in [0.15, 0.2) is 0 Å². The van der Waals surface area contributed by atoms with Gasteiger partial charge in [0.25, 0.3) is 0 Å². The molecule has 98 valence electrons. The number of rotatable bonds is 2. The van der Waals surface area contributed by atoms with Gasteiger partial charge in [0.1, 0.15) is 0 Å². The fourth-order valence-electron chi connectivity index (χ4n) is 2.55. The van der Waals surface area contributed by atoms with Gasteiger partial charge in [-0.25, -0.2) is 0 Å². The topological polar surface area (TPSA) is 55.1 Å². The average molecular weight is 311 g/mol. The molecule has 0 bridgehead atoms. The highest BCUT2D eigenvalue weighted by Gasteiger charge is 2.37. The number of carbonyl (C=O) groups excluding carboxylic acids is 1. The normalized spacial score (nSPS) is 17.8. The quantitative estimate of drug-likeness (QED) is 0.880. The molecule has 0 unspecified atom stereocenters.